The van der Waals surface area contributed by atoms with Crippen molar-refractivity contribution >= 4 is 17.9 Å². The molecule has 0 aliphatic carbocycles. The maximum atomic E-state index is 13.1. The minimum atomic E-state index is -0.393. The Bertz CT molecular complexity index is 1100. The van der Waals surface area contributed by atoms with Gasteiger partial charge in [-0.05, 0) is 54.2 Å². The number of rotatable bonds is 6. The zero-order valence-corrected chi connectivity index (χ0v) is 19.2. The van der Waals surface area contributed by atoms with E-state index in [-0.39, 0.29) is 23.1 Å². The van der Waals surface area contributed by atoms with E-state index >= 15 is 0 Å². The maximum absolute atomic E-state index is 13.1. The van der Waals surface area contributed by atoms with E-state index in [0.29, 0.717) is 11.3 Å². The fraction of sp³-hybridized carbons (Fsp3) is 0.259. The molecule has 5 heteroatoms. The number of nitrogens with one attached hydrogen (secondary N) is 2. The standard InChI is InChI=1S/C27H30N2O3/c1-18-9-6-7-11-23(18)25(30)29-24(17-22-10-8-16-32-22)26(31)28-19(2)20-12-14-21(15-13-20)27(3,4)5/h6-17,19H,1-5H3,(H,28,31)(H,29,30)/b24-17-. The minimum Gasteiger partial charge on any atom is -0.465 e. The Morgan fingerprint density at radius 2 is 1.66 bits per heavy atom. The molecule has 0 saturated heterocycles. The molecule has 2 N–H and O–H groups in total. The summed E-state index contributed by atoms with van der Waals surface area (Å²) >= 11 is 0. The van der Waals surface area contributed by atoms with Gasteiger partial charge in [-0.2, -0.15) is 0 Å². The molecule has 1 atom stereocenters. The molecule has 166 valence electrons. The van der Waals surface area contributed by atoms with Gasteiger partial charge < -0.3 is 15.1 Å². The first-order valence-electron chi connectivity index (χ1n) is 10.7. The topological polar surface area (TPSA) is 71.3 Å². The lowest BCUT2D eigenvalue weighted by molar-refractivity contribution is -0.118. The van der Waals surface area contributed by atoms with Crippen molar-refractivity contribution in [2.45, 2.75) is 46.1 Å². The second-order valence-corrected chi connectivity index (χ2v) is 8.91. The van der Waals surface area contributed by atoms with Gasteiger partial charge in [-0.25, -0.2) is 0 Å². The molecule has 0 aliphatic heterocycles. The van der Waals surface area contributed by atoms with Crippen LogP contribution in [0.15, 0.2) is 77.0 Å². The molecule has 1 aromatic heterocycles. The number of hydrogen-bond acceptors (Lipinski definition) is 3. The summed E-state index contributed by atoms with van der Waals surface area (Å²) in [6.45, 7) is 10.3. The molecule has 1 unspecified atom stereocenters. The Balaban J connectivity index is 1.80. The Morgan fingerprint density at radius 1 is 0.969 bits per heavy atom. The third kappa shape index (κ3) is 5.76. The lowest BCUT2D eigenvalue weighted by Crippen LogP contribution is -2.36. The number of carbonyl (C=O) groups is 2. The van der Waals surface area contributed by atoms with E-state index in [1.165, 1.54) is 17.9 Å². The van der Waals surface area contributed by atoms with Crippen molar-refractivity contribution in [3.63, 3.8) is 0 Å². The van der Waals surface area contributed by atoms with Crippen LogP contribution >= 0.6 is 0 Å². The first-order valence-corrected chi connectivity index (χ1v) is 10.7. The van der Waals surface area contributed by atoms with Gasteiger partial charge in [0.1, 0.15) is 11.5 Å². The van der Waals surface area contributed by atoms with Gasteiger partial charge in [0.25, 0.3) is 11.8 Å². The van der Waals surface area contributed by atoms with Crippen LogP contribution in [-0.2, 0) is 10.2 Å². The van der Waals surface area contributed by atoms with Crippen molar-refractivity contribution in [1.82, 2.24) is 10.6 Å². The molecule has 32 heavy (non-hydrogen) atoms. The molecule has 1 heterocycles. The predicted octanol–water partition coefficient (Wildman–Crippen LogP) is 5.53. The number of carbonyl (C=O) groups excluding carboxylic acids is 2. The summed E-state index contributed by atoms with van der Waals surface area (Å²) in [7, 11) is 0. The summed E-state index contributed by atoms with van der Waals surface area (Å²) in [5.74, 6) is -0.267. The average molecular weight is 431 g/mol. The highest BCUT2D eigenvalue weighted by molar-refractivity contribution is 6.05. The molecule has 0 radical (unpaired) electrons. The molecule has 0 saturated carbocycles. The second kappa shape index (κ2) is 9.69. The molecule has 2 aromatic carbocycles. The van der Waals surface area contributed by atoms with Gasteiger partial charge in [-0.15, -0.1) is 0 Å². The van der Waals surface area contributed by atoms with Crippen molar-refractivity contribution in [3.8, 4) is 0 Å². The van der Waals surface area contributed by atoms with Crippen LogP contribution < -0.4 is 10.6 Å². The van der Waals surface area contributed by atoms with E-state index in [2.05, 4.69) is 43.5 Å². The normalized spacial score (nSPS) is 12.8. The van der Waals surface area contributed by atoms with Crippen molar-refractivity contribution in [2.24, 2.45) is 0 Å². The molecule has 0 aliphatic rings. The van der Waals surface area contributed by atoms with E-state index < -0.39 is 5.91 Å². The van der Waals surface area contributed by atoms with Crippen LogP contribution in [0.1, 0.15) is 66.5 Å². The zero-order chi connectivity index (χ0) is 23.3. The van der Waals surface area contributed by atoms with E-state index in [9.17, 15) is 9.59 Å². The lowest BCUT2D eigenvalue weighted by atomic mass is 9.86. The van der Waals surface area contributed by atoms with Crippen LogP contribution in [0.3, 0.4) is 0 Å². The highest BCUT2D eigenvalue weighted by atomic mass is 16.3. The van der Waals surface area contributed by atoms with Gasteiger partial charge in [0.05, 0.1) is 12.3 Å². The van der Waals surface area contributed by atoms with Crippen LogP contribution in [0.25, 0.3) is 6.08 Å². The summed E-state index contributed by atoms with van der Waals surface area (Å²) in [5.41, 5.74) is 3.72. The molecule has 5 nitrogen and oxygen atoms in total. The molecule has 3 aromatic rings. The molecule has 2 amide bonds. The number of aryl methyl sites for hydroxylation is 1. The predicted molar refractivity (Wildman–Crippen MR) is 127 cm³/mol. The van der Waals surface area contributed by atoms with Crippen LogP contribution in [0.4, 0.5) is 0 Å². The Labute approximate surface area is 189 Å². The van der Waals surface area contributed by atoms with Crippen LogP contribution in [-0.4, -0.2) is 11.8 Å². The third-order valence-electron chi connectivity index (χ3n) is 5.34. The molecule has 3 rings (SSSR count). The number of benzene rings is 2. The second-order valence-electron chi connectivity index (χ2n) is 8.91. The summed E-state index contributed by atoms with van der Waals surface area (Å²) in [4.78, 5) is 25.9. The zero-order valence-electron chi connectivity index (χ0n) is 19.2. The van der Waals surface area contributed by atoms with Gasteiger partial charge >= 0.3 is 0 Å². The molecule has 0 bridgehead atoms. The van der Waals surface area contributed by atoms with Gasteiger partial charge in [0.2, 0.25) is 0 Å². The van der Waals surface area contributed by atoms with Gasteiger partial charge in [0, 0.05) is 11.6 Å². The van der Waals surface area contributed by atoms with Gasteiger partial charge in [-0.3, -0.25) is 9.59 Å². The van der Waals surface area contributed by atoms with E-state index in [1.54, 1.807) is 24.3 Å². The Morgan fingerprint density at radius 3 is 2.25 bits per heavy atom. The minimum absolute atomic E-state index is 0.0593. The molecular weight excluding hydrogens is 400 g/mol. The molecule has 0 spiro atoms. The number of amides is 2. The highest BCUT2D eigenvalue weighted by Crippen LogP contribution is 2.24. The van der Waals surface area contributed by atoms with Crippen molar-refractivity contribution in [3.05, 3.63) is 101 Å². The fourth-order valence-corrected chi connectivity index (χ4v) is 3.32. The highest BCUT2D eigenvalue weighted by Gasteiger charge is 2.19. The van der Waals surface area contributed by atoms with E-state index in [1.807, 2.05) is 38.1 Å². The van der Waals surface area contributed by atoms with Crippen LogP contribution in [0.5, 0.6) is 0 Å². The van der Waals surface area contributed by atoms with Gasteiger partial charge in [0.15, 0.2) is 0 Å². The largest absolute Gasteiger partial charge is 0.465 e. The first-order chi connectivity index (χ1) is 15.1. The van der Waals surface area contributed by atoms with Crippen LogP contribution in [0.2, 0.25) is 0 Å². The maximum Gasteiger partial charge on any atom is 0.268 e. The third-order valence-corrected chi connectivity index (χ3v) is 5.34. The monoisotopic (exact) mass is 430 g/mol. The molecule has 0 fully saturated rings. The Hall–Kier alpha value is -3.60. The van der Waals surface area contributed by atoms with Crippen molar-refractivity contribution in [1.29, 1.82) is 0 Å². The summed E-state index contributed by atoms with van der Waals surface area (Å²) in [6.07, 6.45) is 3.05. The lowest BCUT2D eigenvalue weighted by Gasteiger charge is -2.21. The number of hydrogen-bond donors (Lipinski definition) is 2. The van der Waals surface area contributed by atoms with Crippen molar-refractivity contribution < 1.29 is 14.0 Å². The van der Waals surface area contributed by atoms with E-state index in [4.69, 9.17) is 4.42 Å². The van der Waals surface area contributed by atoms with Crippen molar-refractivity contribution in [2.75, 3.05) is 0 Å². The summed E-state index contributed by atoms with van der Waals surface area (Å²) in [5, 5.41) is 5.72. The molecular formula is C27H30N2O3. The smallest absolute Gasteiger partial charge is 0.268 e. The fourth-order valence-electron chi connectivity index (χ4n) is 3.32. The van der Waals surface area contributed by atoms with Gasteiger partial charge in [-0.1, -0.05) is 63.2 Å². The average Bonchev–Trinajstić information content (AvgIpc) is 3.26. The van der Waals surface area contributed by atoms with Crippen LogP contribution in [0, 0.1) is 6.92 Å². The summed E-state index contributed by atoms with van der Waals surface area (Å²) in [6, 6.07) is 18.7. The Kier molecular flexibility index (Phi) is 6.98. The summed E-state index contributed by atoms with van der Waals surface area (Å²) < 4.78 is 5.35. The SMILES string of the molecule is Cc1ccccc1C(=O)N/C(=C\c1ccco1)C(=O)NC(C)c1ccc(C(C)(C)C)cc1. The number of furan rings is 1. The quantitative estimate of drug-likeness (QED) is 0.505. The van der Waals surface area contributed by atoms with E-state index in [0.717, 1.165) is 11.1 Å². The first kappa shape index (κ1) is 23.1.